The third-order valence-electron chi connectivity index (χ3n) is 4.62. The van der Waals surface area contributed by atoms with E-state index in [1.165, 1.54) is 89.9 Å². The average Bonchev–Trinajstić information content (AvgIpc) is 2.52. The van der Waals surface area contributed by atoms with E-state index in [1.807, 2.05) is 0 Å². The van der Waals surface area contributed by atoms with Crippen LogP contribution in [-0.2, 0) is 4.79 Å². The molecule has 0 aromatic carbocycles. The van der Waals surface area contributed by atoms with Crippen molar-refractivity contribution in [3.05, 3.63) is 0 Å². The Morgan fingerprint density at radius 2 is 0.727 bits per heavy atom. The molecule has 0 unspecified atom stereocenters. The maximum Gasteiger partial charge on any atom is 0.132 e. The third-order valence-corrected chi connectivity index (χ3v) is 4.62. The van der Waals surface area contributed by atoms with Crippen molar-refractivity contribution in [1.29, 1.82) is 0 Å². The lowest BCUT2D eigenvalue weighted by atomic mass is 10.0. The van der Waals surface area contributed by atoms with Crippen LogP contribution in [0.1, 0.15) is 129 Å². The number of Topliss-reactive ketones (excluding diaryl/α,β-unsaturated/α-hetero) is 1. The van der Waals surface area contributed by atoms with E-state index < -0.39 is 0 Å². The Kier molecular flexibility index (Phi) is 18.4. The molecule has 0 atom stereocenters. The van der Waals surface area contributed by atoms with Crippen LogP contribution in [0.4, 0.5) is 0 Å². The second-order valence-corrected chi connectivity index (χ2v) is 6.99. The molecule has 0 spiro atoms. The van der Waals surface area contributed by atoms with Gasteiger partial charge in [0.05, 0.1) is 0 Å². The fourth-order valence-corrected chi connectivity index (χ4v) is 3.04. The van der Waals surface area contributed by atoms with Crippen molar-refractivity contribution < 1.29 is 4.79 Å². The van der Waals surface area contributed by atoms with Crippen LogP contribution in [0.3, 0.4) is 0 Å². The lowest BCUT2D eigenvalue weighted by Crippen LogP contribution is -1.97. The van der Waals surface area contributed by atoms with Crippen LogP contribution in [0.5, 0.6) is 0 Å². The summed E-state index contributed by atoms with van der Waals surface area (Å²) in [5.74, 6) is 0.511. The van der Waals surface area contributed by atoms with Crippen molar-refractivity contribution in [2.75, 3.05) is 0 Å². The van der Waals surface area contributed by atoms with Gasteiger partial charge >= 0.3 is 0 Å². The standard InChI is InChI=1S/C21H42O/c1-3-5-7-9-11-12-14-16-18-20-21(22)19-17-15-13-10-8-6-4-2/h3-20H2,1-2H3. The van der Waals surface area contributed by atoms with Gasteiger partial charge in [-0.15, -0.1) is 0 Å². The number of hydrogen-bond acceptors (Lipinski definition) is 1. The van der Waals surface area contributed by atoms with Gasteiger partial charge in [0, 0.05) is 12.8 Å². The molecule has 1 heteroatoms. The molecule has 0 aromatic heterocycles. The first-order valence-electron chi connectivity index (χ1n) is 10.3. The molecule has 0 aromatic rings. The summed E-state index contributed by atoms with van der Waals surface area (Å²) < 4.78 is 0. The summed E-state index contributed by atoms with van der Waals surface area (Å²) in [7, 11) is 0. The Balaban J connectivity index is 3.13. The van der Waals surface area contributed by atoms with Crippen LogP contribution in [0, 0.1) is 0 Å². The monoisotopic (exact) mass is 310 g/mol. The Hall–Kier alpha value is -0.330. The molecule has 0 N–H and O–H groups in total. The minimum Gasteiger partial charge on any atom is -0.300 e. The van der Waals surface area contributed by atoms with E-state index in [-0.39, 0.29) is 0 Å². The second kappa shape index (κ2) is 18.7. The summed E-state index contributed by atoms with van der Waals surface area (Å²) in [6, 6.07) is 0. The highest BCUT2D eigenvalue weighted by Crippen LogP contribution is 2.13. The molecule has 0 saturated carbocycles. The van der Waals surface area contributed by atoms with Crippen LogP contribution >= 0.6 is 0 Å². The minimum absolute atomic E-state index is 0.511. The zero-order valence-corrected chi connectivity index (χ0v) is 15.6. The molecule has 0 amide bonds. The molecule has 0 fully saturated rings. The maximum absolute atomic E-state index is 11.8. The highest BCUT2D eigenvalue weighted by molar-refractivity contribution is 5.78. The molecule has 0 aliphatic rings. The van der Waals surface area contributed by atoms with Crippen molar-refractivity contribution in [2.45, 2.75) is 129 Å². The molecular formula is C21H42O. The third kappa shape index (κ3) is 17.7. The molecule has 0 heterocycles. The molecule has 0 bridgehead atoms. The van der Waals surface area contributed by atoms with Crippen molar-refractivity contribution in [1.82, 2.24) is 0 Å². The quantitative estimate of drug-likeness (QED) is 0.238. The first kappa shape index (κ1) is 21.7. The number of hydrogen-bond donors (Lipinski definition) is 0. The zero-order chi connectivity index (χ0) is 16.3. The van der Waals surface area contributed by atoms with Gasteiger partial charge in [-0.05, 0) is 12.8 Å². The highest BCUT2D eigenvalue weighted by Gasteiger charge is 2.01. The Labute approximate surface area is 140 Å². The van der Waals surface area contributed by atoms with E-state index >= 15 is 0 Å². The topological polar surface area (TPSA) is 17.1 Å². The summed E-state index contributed by atoms with van der Waals surface area (Å²) in [5.41, 5.74) is 0. The number of unbranched alkanes of at least 4 members (excludes halogenated alkanes) is 14. The SMILES string of the molecule is CCCCCCCCCCCC(=O)CCCCCCCCC. The Morgan fingerprint density at radius 3 is 1.05 bits per heavy atom. The lowest BCUT2D eigenvalue weighted by molar-refractivity contribution is -0.119. The Morgan fingerprint density at radius 1 is 0.455 bits per heavy atom. The summed E-state index contributed by atoms with van der Waals surface area (Å²) in [6.45, 7) is 4.52. The zero-order valence-electron chi connectivity index (χ0n) is 15.6. The van der Waals surface area contributed by atoms with Gasteiger partial charge in [-0.2, -0.15) is 0 Å². The van der Waals surface area contributed by atoms with Crippen LogP contribution in [0.2, 0.25) is 0 Å². The van der Waals surface area contributed by atoms with Crippen LogP contribution in [-0.4, -0.2) is 5.78 Å². The van der Waals surface area contributed by atoms with Crippen molar-refractivity contribution in [3.8, 4) is 0 Å². The smallest absolute Gasteiger partial charge is 0.132 e. The van der Waals surface area contributed by atoms with Gasteiger partial charge in [-0.25, -0.2) is 0 Å². The van der Waals surface area contributed by atoms with Gasteiger partial charge in [-0.3, -0.25) is 4.79 Å². The molecule has 0 radical (unpaired) electrons. The maximum atomic E-state index is 11.8. The predicted molar refractivity (Wildman–Crippen MR) is 99.5 cm³/mol. The van der Waals surface area contributed by atoms with Crippen LogP contribution in [0.25, 0.3) is 0 Å². The average molecular weight is 311 g/mol. The molecular weight excluding hydrogens is 268 g/mol. The van der Waals surface area contributed by atoms with Crippen LogP contribution in [0.15, 0.2) is 0 Å². The molecule has 0 saturated heterocycles. The van der Waals surface area contributed by atoms with E-state index in [0.29, 0.717) is 5.78 Å². The van der Waals surface area contributed by atoms with Gasteiger partial charge < -0.3 is 0 Å². The first-order valence-corrected chi connectivity index (χ1v) is 10.3. The van der Waals surface area contributed by atoms with E-state index in [0.717, 1.165) is 25.7 Å². The van der Waals surface area contributed by atoms with Gasteiger partial charge in [-0.1, -0.05) is 104 Å². The number of rotatable bonds is 18. The summed E-state index contributed by atoms with van der Waals surface area (Å²) in [4.78, 5) is 11.8. The fourth-order valence-electron chi connectivity index (χ4n) is 3.04. The van der Waals surface area contributed by atoms with E-state index in [9.17, 15) is 4.79 Å². The summed E-state index contributed by atoms with van der Waals surface area (Å²) in [5, 5.41) is 0. The molecule has 132 valence electrons. The molecule has 0 aliphatic carbocycles. The lowest BCUT2D eigenvalue weighted by Gasteiger charge is -2.03. The summed E-state index contributed by atoms with van der Waals surface area (Å²) in [6.07, 6.45) is 22.8. The minimum atomic E-state index is 0.511. The van der Waals surface area contributed by atoms with Gasteiger partial charge in [0.25, 0.3) is 0 Å². The van der Waals surface area contributed by atoms with Crippen molar-refractivity contribution in [2.24, 2.45) is 0 Å². The summed E-state index contributed by atoms with van der Waals surface area (Å²) >= 11 is 0. The van der Waals surface area contributed by atoms with E-state index in [4.69, 9.17) is 0 Å². The number of carbonyl (C=O) groups is 1. The first-order chi connectivity index (χ1) is 10.8. The molecule has 0 rings (SSSR count). The molecule has 1 nitrogen and oxygen atoms in total. The highest BCUT2D eigenvalue weighted by atomic mass is 16.1. The number of ketones is 1. The Bertz CT molecular complexity index is 222. The van der Waals surface area contributed by atoms with Crippen molar-refractivity contribution in [3.63, 3.8) is 0 Å². The van der Waals surface area contributed by atoms with E-state index in [1.54, 1.807) is 0 Å². The van der Waals surface area contributed by atoms with Gasteiger partial charge in [0.2, 0.25) is 0 Å². The second-order valence-electron chi connectivity index (χ2n) is 6.99. The van der Waals surface area contributed by atoms with Crippen LogP contribution < -0.4 is 0 Å². The molecule has 22 heavy (non-hydrogen) atoms. The molecule has 0 aliphatic heterocycles. The number of carbonyl (C=O) groups excluding carboxylic acids is 1. The van der Waals surface area contributed by atoms with Crippen molar-refractivity contribution >= 4 is 5.78 Å². The van der Waals surface area contributed by atoms with Gasteiger partial charge in [0.15, 0.2) is 0 Å². The normalized spacial score (nSPS) is 11.0. The largest absolute Gasteiger partial charge is 0.300 e. The fraction of sp³-hybridized carbons (Fsp3) is 0.952. The van der Waals surface area contributed by atoms with Gasteiger partial charge in [0.1, 0.15) is 5.78 Å². The van der Waals surface area contributed by atoms with E-state index in [2.05, 4.69) is 13.8 Å². The predicted octanol–water partition coefficient (Wildman–Crippen LogP) is 7.62.